The third kappa shape index (κ3) is 4.90. The highest BCUT2D eigenvalue weighted by atomic mass is 16.6. The van der Waals surface area contributed by atoms with Crippen molar-refractivity contribution in [1.29, 1.82) is 0 Å². The van der Waals surface area contributed by atoms with Crippen molar-refractivity contribution >= 4 is 11.6 Å². The molecule has 0 radical (unpaired) electrons. The van der Waals surface area contributed by atoms with Gasteiger partial charge in [0.05, 0.1) is 10.6 Å². The monoisotopic (exact) mass is 320 g/mol. The first-order chi connectivity index (χ1) is 11.0. The van der Waals surface area contributed by atoms with Crippen molar-refractivity contribution in [3.63, 3.8) is 0 Å². The Morgan fingerprint density at radius 2 is 2.17 bits per heavy atom. The molecule has 0 aromatic carbocycles. The maximum absolute atomic E-state index is 11.7. The van der Waals surface area contributed by atoms with Crippen LogP contribution in [-0.4, -0.2) is 36.9 Å². The molecule has 0 fully saturated rings. The molecule has 2 rings (SSSR count). The molecule has 1 amide bonds. The predicted molar refractivity (Wildman–Crippen MR) is 82.8 cm³/mol. The highest BCUT2D eigenvalue weighted by molar-refractivity contribution is 5.75. The topological polar surface area (TPSA) is 108 Å². The summed E-state index contributed by atoms with van der Waals surface area (Å²) in [5.74, 6) is -0.100. The summed E-state index contributed by atoms with van der Waals surface area (Å²) in [7, 11) is 0. The van der Waals surface area contributed by atoms with Crippen molar-refractivity contribution in [3.05, 3.63) is 40.0 Å². The van der Waals surface area contributed by atoms with Gasteiger partial charge in [-0.25, -0.2) is 0 Å². The van der Waals surface area contributed by atoms with Gasteiger partial charge in [-0.1, -0.05) is 0 Å². The summed E-state index contributed by atoms with van der Waals surface area (Å²) < 4.78 is 3.32. The molecule has 23 heavy (non-hydrogen) atoms. The third-order valence-corrected chi connectivity index (χ3v) is 3.37. The smallest absolute Gasteiger partial charge is 0.306 e. The molecule has 9 nitrogen and oxygen atoms in total. The van der Waals surface area contributed by atoms with Crippen molar-refractivity contribution in [2.75, 3.05) is 6.54 Å². The van der Waals surface area contributed by atoms with Crippen molar-refractivity contribution in [1.82, 2.24) is 24.9 Å². The molecule has 0 saturated carbocycles. The van der Waals surface area contributed by atoms with Crippen LogP contribution in [0.1, 0.15) is 24.2 Å². The molecule has 2 aromatic heterocycles. The van der Waals surface area contributed by atoms with Crippen LogP contribution >= 0.6 is 0 Å². The van der Waals surface area contributed by atoms with E-state index in [0.717, 1.165) is 24.4 Å². The maximum Gasteiger partial charge on any atom is 0.306 e. The molecule has 0 atom stereocenters. The third-order valence-electron chi connectivity index (χ3n) is 3.37. The zero-order valence-electron chi connectivity index (χ0n) is 13.2. The molecule has 2 heterocycles. The van der Waals surface area contributed by atoms with Crippen molar-refractivity contribution in [2.45, 2.75) is 39.8 Å². The lowest BCUT2D eigenvalue weighted by atomic mass is 10.3. The SMILES string of the molecule is Cc1cc(C)n(CCCNC(=O)CCn2cc([N+](=O)[O-])cn2)n1. The quantitative estimate of drug-likeness (QED) is 0.447. The van der Waals surface area contributed by atoms with Crippen LogP contribution in [-0.2, 0) is 17.9 Å². The normalized spacial score (nSPS) is 10.7. The summed E-state index contributed by atoms with van der Waals surface area (Å²) >= 11 is 0. The average molecular weight is 320 g/mol. The van der Waals surface area contributed by atoms with E-state index < -0.39 is 4.92 Å². The van der Waals surface area contributed by atoms with E-state index in [1.165, 1.54) is 17.1 Å². The van der Waals surface area contributed by atoms with Gasteiger partial charge in [0.25, 0.3) is 0 Å². The first kappa shape index (κ1) is 16.7. The van der Waals surface area contributed by atoms with Crippen LogP contribution in [0.15, 0.2) is 18.5 Å². The minimum Gasteiger partial charge on any atom is -0.356 e. The van der Waals surface area contributed by atoms with E-state index in [4.69, 9.17) is 0 Å². The Morgan fingerprint density at radius 1 is 1.39 bits per heavy atom. The molecule has 124 valence electrons. The Balaban J connectivity index is 1.65. The molecule has 0 aliphatic rings. The van der Waals surface area contributed by atoms with Crippen LogP contribution in [0.3, 0.4) is 0 Å². The number of hydrogen-bond donors (Lipinski definition) is 1. The lowest BCUT2D eigenvalue weighted by Crippen LogP contribution is -2.26. The largest absolute Gasteiger partial charge is 0.356 e. The fourth-order valence-corrected chi connectivity index (χ4v) is 2.23. The summed E-state index contributed by atoms with van der Waals surface area (Å²) in [6, 6.07) is 2.02. The van der Waals surface area contributed by atoms with Crippen LogP contribution in [0.2, 0.25) is 0 Å². The van der Waals surface area contributed by atoms with E-state index in [1.807, 2.05) is 24.6 Å². The molecular formula is C14H20N6O3. The molecule has 0 saturated heterocycles. The summed E-state index contributed by atoms with van der Waals surface area (Å²) in [6.07, 6.45) is 3.52. The summed E-state index contributed by atoms with van der Waals surface area (Å²) in [6.45, 7) is 5.59. The zero-order chi connectivity index (χ0) is 16.8. The minimum atomic E-state index is -0.511. The van der Waals surface area contributed by atoms with Crippen LogP contribution in [0.25, 0.3) is 0 Å². The number of nitrogens with one attached hydrogen (secondary N) is 1. The number of aromatic nitrogens is 4. The second kappa shape index (κ2) is 7.52. The van der Waals surface area contributed by atoms with Gasteiger partial charge >= 0.3 is 5.69 Å². The van der Waals surface area contributed by atoms with Gasteiger partial charge in [0.1, 0.15) is 12.4 Å². The predicted octanol–water partition coefficient (Wildman–Crippen LogP) is 1.20. The second-order valence-corrected chi connectivity index (χ2v) is 5.32. The van der Waals surface area contributed by atoms with Gasteiger partial charge in [-0.15, -0.1) is 0 Å². The van der Waals surface area contributed by atoms with Gasteiger partial charge in [0.15, 0.2) is 0 Å². The van der Waals surface area contributed by atoms with Gasteiger partial charge in [-0.2, -0.15) is 10.2 Å². The Morgan fingerprint density at radius 3 is 2.78 bits per heavy atom. The summed E-state index contributed by atoms with van der Waals surface area (Å²) in [5, 5.41) is 21.6. The molecule has 0 aliphatic heterocycles. The van der Waals surface area contributed by atoms with Gasteiger partial charge in [0.2, 0.25) is 5.91 Å². The highest BCUT2D eigenvalue weighted by Crippen LogP contribution is 2.08. The Labute approximate surface area is 133 Å². The fourth-order valence-electron chi connectivity index (χ4n) is 2.23. The highest BCUT2D eigenvalue weighted by Gasteiger charge is 2.09. The van der Waals surface area contributed by atoms with E-state index in [-0.39, 0.29) is 18.0 Å². The summed E-state index contributed by atoms with van der Waals surface area (Å²) in [5.41, 5.74) is 2.02. The van der Waals surface area contributed by atoms with Crippen molar-refractivity contribution < 1.29 is 9.72 Å². The second-order valence-electron chi connectivity index (χ2n) is 5.32. The van der Waals surface area contributed by atoms with Gasteiger partial charge in [0, 0.05) is 31.7 Å². The molecule has 9 heteroatoms. The molecule has 0 spiro atoms. The number of carbonyl (C=O) groups is 1. The van der Waals surface area contributed by atoms with E-state index in [9.17, 15) is 14.9 Å². The number of carbonyl (C=O) groups excluding carboxylic acids is 1. The maximum atomic E-state index is 11.7. The Kier molecular flexibility index (Phi) is 5.45. The lowest BCUT2D eigenvalue weighted by Gasteiger charge is -2.06. The van der Waals surface area contributed by atoms with Gasteiger partial charge in [-0.05, 0) is 26.3 Å². The molecule has 0 unspecified atom stereocenters. The standard InChI is InChI=1S/C14H20N6O3/c1-11-8-12(2)19(17-11)6-3-5-15-14(21)4-7-18-10-13(9-16-18)20(22)23/h8-10H,3-7H2,1-2H3,(H,15,21). The molecular weight excluding hydrogens is 300 g/mol. The number of nitrogens with zero attached hydrogens (tertiary/aromatic N) is 5. The number of aryl methyl sites for hydroxylation is 4. The molecule has 0 bridgehead atoms. The first-order valence-electron chi connectivity index (χ1n) is 7.40. The Hall–Kier alpha value is -2.71. The fraction of sp³-hybridized carbons (Fsp3) is 0.500. The van der Waals surface area contributed by atoms with E-state index in [1.54, 1.807) is 0 Å². The van der Waals surface area contributed by atoms with E-state index in [0.29, 0.717) is 13.1 Å². The minimum absolute atomic E-state index is 0.0738. The summed E-state index contributed by atoms with van der Waals surface area (Å²) in [4.78, 5) is 21.8. The van der Waals surface area contributed by atoms with E-state index >= 15 is 0 Å². The first-order valence-corrected chi connectivity index (χ1v) is 7.40. The molecule has 0 aliphatic carbocycles. The number of nitro groups is 1. The van der Waals surface area contributed by atoms with Gasteiger partial charge in [-0.3, -0.25) is 24.3 Å². The number of hydrogen-bond acceptors (Lipinski definition) is 5. The van der Waals surface area contributed by atoms with Crippen molar-refractivity contribution in [3.8, 4) is 0 Å². The van der Waals surface area contributed by atoms with Crippen LogP contribution in [0.5, 0.6) is 0 Å². The van der Waals surface area contributed by atoms with Crippen LogP contribution in [0.4, 0.5) is 5.69 Å². The molecule has 2 aromatic rings. The zero-order valence-corrected chi connectivity index (χ0v) is 13.2. The number of amides is 1. The molecule has 1 N–H and O–H groups in total. The lowest BCUT2D eigenvalue weighted by molar-refractivity contribution is -0.385. The van der Waals surface area contributed by atoms with Crippen LogP contribution < -0.4 is 5.32 Å². The average Bonchev–Trinajstić information content (AvgIpc) is 3.08. The Bertz CT molecular complexity index is 690. The number of rotatable bonds is 8. The van der Waals surface area contributed by atoms with Gasteiger partial charge < -0.3 is 5.32 Å². The van der Waals surface area contributed by atoms with Crippen molar-refractivity contribution in [2.24, 2.45) is 0 Å². The van der Waals surface area contributed by atoms with E-state index in [2.05, 4.69) is 15.5 Å². The van der Waals surface area contributed by atoms with Crippen LogP contribution in [0, 0.1) is 24.0 Å².